The van der Waals surface area contributed by atoms with E-state index in [9.17, 15) is 0 Å². The summed E-state index contributed by atoms with van der Waals surface area (Å²) < 4.78 is 0. The van der Waals surface area contributed by atoms with Crippen molar-refractivity contribution in [2.45, 2.75) is 13.8 Å². The van der Waals surface area contributed by atoms with Crippen LogP contribution in [0.2, 0.25) is 0 Å². The second kappa shape index (κ2) is 12.3. The summed E-state index contributed by atoms with van der Waals surface area (Å²) in [7, 11) is 15.0. The van der Waals surface area contributed by atoms with Crippen LogP contribution in [0.4, 0.5) is 0 Å². The summed E-state index contributed by atoms with van der Waals surface area (Å²) >= 11 is -0.106. The van der Waals surface area contributed by atoms with Crippen molar-refractivity contribution in [3.05, 3.63) is 59.7 Å². The summed E-state index contributed by atoms with van der Waals surface area (Å²) in [5.74, 6) is 0. The van der Waals surface area contributed by atoms with E-state index >= 15 is 0 Å². The van der Waals surface area contributed by atoms with Crippen molar-refractivity contribution in [2.75, 3.05) is 0 Å². The average molecular weight is 426 g/mol. The van der Waals surface area contributed by atoms with Crippen molar-refractivity contribution in [1.82, 2.24) is 0 Å². The summed E-state index contributed by atoms with van der Waals surface area (Å²) in [6.45, 7) is 4.20. The molecule has 0 saturated heterocycles. The Labute approximate surface area is 137 Å². The summed E-state index contributed by atoms with van der Waals surface area (Å²) in [5, 5.41) is 2.57. The molecule has 2 aromatic carbocycles. The number of hydrogen-bond donors (Lipinski definition) is 0. The van der Waals surface area contributed by atoms with Gasteiger partial charge < -0.3 is 0 Å². The summed E-state index contributed by atoms with van der Waals surface area (Å²) in [6, 6.07) is 16.5. The minimum absolute atomic E-state index is 0.106. The molecule has 0 amide bonds. The Kier molecular flexibility index (Phi) is 12.6. The first-order valence-electron chi connectivity index (χ1n) is 5.47. The van der Waals surface area contributed by atoms with E-state index < -0.39 is 0 Å². The van der Waals surface area contributed by atoms with E-state index in [1.807, 2.05) is 24.3 Å². The van der Waals surface area contributed by atoms with Crippen molar-refractivity contribution in [2.24, 2.45) is 0 Å². The molecule has 0 radical (unpaired) electrons. The van der Waals surface area contributed by atoms with E-state index in [-0.39, 0.29) is 15.9 Å². The Morgan fingerprint density at radius 2 is 1.00 bits per heavy atom. The second-order valence-electron chi connectivity index (χ2n) is 3.76. The van der Waals surface area contributed by atoms with Gasteiger partial charge in [-0.1, -0.05) is 48.5 Å². The number of aryl methyl sites for hydroxylation is 2. The third-order valence-electron chi connectivity index (χ3n) is 2.38. The summed E-state index contributed by atoms with van der Waals surface area (Å²) in [4.78, 5) is 0. The summed E-state index contributed by atoms with van der Waals surface area (Å²) in [6.07, 6.45) is 0. The van der Waals surface area contributed by atoms with Crippen LogP contribution in [0.15, 0.2) is 48.5 Å². The number of halogens is 2. The van der Waals surface area contributed by atoms with E-state index in [1.54, 1.807) is 0 Å². The molecule has 0 aromatic heterocycles. The molecular formula is C14H18Cl2P2Pd. The Morgan fingerprint density at radius 3 is 1.16 bits per heavy atom. The molecule has 5 heteroatoms. The van der Waals surface area contributed by atoms with Crippen molar-refractivity contribution in [3.63, 3.8) is 0 Å². The van der Waals surface area contributed by atoms with Gasteiger partial charge in [-0.25, -0.2) is 0 Å². The zero-order valence-corrected chi connectivity index (χ0v) is 16.2. The molecule has 0 spiro atoms. The van der Waals surface area contributed by atoms with Gasteiger partial charge in [0.25, 0.3) is 0 Å². The van der Waals surface area contributed by atoms with Gasteiger partial charge in [-0.15, -0.1) is 18.5 Å². The SMILES string of the molecule is Cc1ccccc1P.Cc1ccccc1P.[Cl][Pd][Cl]. The van der Waals surface area contributed by atoms with Gasteiger partial charge in [-0.05, 0) is 35.6 Å². The van der Waals surface area contributed by atoms with Crippen molar-refractivity contribution >= 4 is 48.1 Å². The fourth-order valence-electron chi connectivity index (χ4n) is 1.17. The topological polar surface area (TPSA) is 0 Å². The third kappa shape index (κ3) is 9.99. The van der Waals surface area contributed by atoms with E-state index in [4.69, 9.17) is 19.1 Å². The molecule has 0 saturated carbocycles. The van der Waals surface area contributed by atoms with Crippen LogP contribution in [0.1, 0.15) is 11.1 Å². The van der Waals surface area contributed by atoms with E-state index in [1.165, 1.54) is 21.7 Å². The minimum atomic E-state index is -0.106. The molecule has 0 heterocycles. The van der Waals surface area contributed by atoms with Crippen LogP contribution >= 0.6 is 37.5 Å². The molecule has 0 N–H and O–H groups in total. The van der Waals surface area contributed by atoms with Crippen LogP contribution < -0.4 is 10.6 Å². The van der Waals surface area contributed by atoms with Gasteiger partial charge in [-0.3, -0.25) is 0 Å². The zero-order valence-electron chi connectivity index (χ0n) is 10.8. The molecule has 2 unspecified atom stereocenters. The molecule has 0 aliphatic carbocycles. The normalized spacial score (nSPS) is 8.95. The Balaban J connectivity index is 0.000000284. The molecule has 2 atom stereocenters. The van der Waals surface area contributed by atoms with Crippen LogP contribution in [0.25, 0.3) is 0 Å². The van der Waals surface area contributed by atoms with E-state index in [0.29, 0.717) is 0 Å². The molecule has 0 nitrogen and oxygen atoms in total. The van der Waals surface area contributed by atoms with Crippen LogP contribution in [0.3, 0.4) is 0 Å². The molecule has 2 rings (SSSR count). The maximum absolute atomic E-state index is 4.81. The molecule has 0 aliphatic heterocycles. The van der Waals surface area contributed by atoms with E-state index in [0.717, 1.165) is 0 Å². The van der Waals surface area contributed by atoms with Crippen molar-refractivity contribution in [3.8, 4) is 0 Å². The fourth-order valence-corrected chi connectivity index (χ4v) is 1.59. The molecule has 0 bridgehead atoms. The number of hydrogen-bond acceptors (Lipinski definition) is 0. The number of rotatable bonds is 0. The van der Waals surface area contributed by atoms with Crippen molar-refractivity contribution in [1.29, 1.82) is 0 Å². The Hall–Kier alpha value is 0.542. The monoisotopic (exact) mass is 424 g/mol. The van der Waals surface area contributed by atoms with Gasteiger partial charge in [-0.2, -0.15) is 0 Å². The van der Waals surface area contributed by atoms with Gasteiger partial charge in [0, 0.05) is 0 Å². The molecule has 108 valence electrons. The molecule has 19 heavy (non-hydrogen) atoms. The molecule has 0 fully saturated rings. The van der Waals surface area contributed by atoms with Gasteiger partial charge in [0.05, 0.1) is 0 Å². The molecule has 2 aromatic rings. The predicted octanol–water partition coefficient (Wildman–Crippen LogP) is 4.37. The first-order chi connectivity index (χ1) is 9.02. The quantitative estimate of drug-likeness (QED) is 0.434. The van der Waals surface area contributed by atoms with Crippen molar-refractivity contribution < 1.29 is 15.9 Å². The molecule has 0 aliphatic rings. The first kappa shape index (κ1) is 19.5. The van der Waals surface area contributed by atoms with Gasteiger partial charge in [0.1, 0.15) is 0 Å². The average Bonchev–Trinajstić information content (AvgIpc) is 2.38. The van der Waals surface area contributed by atoms with Gasteiger partial charge in [0.15, 0.2) is 0 Å². The third-order valence-corrected chi connectivity index (χ3v) is 3.67. The zero-order chi connectivity index (χ0) is 14.7. The number of benzene rings is 2. The molecular weight excluding hydrogens is 407 g/mol. The predicted molar refractivity (Wildman–Crippen MR) is 92.8 cm³/mol. The standard InChI is InChI=1S/2C7H9P.2ClH.Pd/c2*1-6-4-2-3-5-7(6)8;;;/h2*2-5H,8H2,1H3;2*1H;/q;;;;+2/p-2. The van der Waals surface area contributed by atoms with Crippen LogP contribution in [0.5, 0.6) is 0 Å². The Bertz CT molecular complexity index is 393. The summed E-state index contributed by atoms with van der Waals surface area (Å²) in [5.41, 5.74) is 2.66. The van der Waals surface area contributed by atoms with Gasteiger partial charge in [0.2, 0.25) is 0 Å². The Morgan fingerprint density at radius 1 is 0.737 bits per heavy atom. The second-order valence-corrected chi connectivity index (χ2v) is 7.36. The maximum atomic E-state index is 4.81. The van der Waals surface area contributed by atoms with E-state index in [2.05, 4.69) is 56.6 Å². The van der Waals surface area contributed by atoms with Crippen LogP contribution in [-0.4, -0.2) is 0 Å². The first-order valence-corrected chi connectivity index (χ1v) is 10.6. The van der Waals surface area contributed by atoms with Crippen LogP contribution in [0, 0.1) is 13.8 Å². The fraction of sp³-hybridized carbons (Fsp3) is 0.143. The van der Waals surface area contributed by atoms with Crippen LogP contribution in [-0.2, 0) is 15.9 Å². The van der Waals surface area contributed by atoms with Gasteiger partial charge >= 0.3 is 35.0 Å².